The minimum atomic E-state index is -0.219. The summed E-state index contributed by atoms with van der Waals surface area (Å²) in [6.07, 6.45) is 3.66. The van der Waals surface area contributed by atoms with Crippen molar-refractivity contribution in [3.05, 3.63) is 64.2 Å². The Balaban J connectivity index is 1.46. The van der Waals surface area contributed by atoms with Crippen LogP contribution in [0.2, 0.25) is 5.02 Å². The van der Waals surface area contributed by atoms with E-state index in [9.17, 15) is 9.59 Å². The predicted octanol–water partition coefficient (Wildman–Crippen LogP) is 5.39. The molecule has 1 aliphatic heterocycles. The van der Waals surface area contributed by atoms with Crippen LogP contribution in [0.1, 0.15) is 54.1 Å². The van der Waals surface area contributed by atoms with Crippen molar-refractivity contribution in [2.24, 2.45) is 11.8 Å². The van der Waals surface area contributed by atoms with Gasteiger partial charge >= 0.3 is 0 Å². The molecule has 4 nitrogen and oxygen atoms in total. The van der Waals surface area contributed by atoms with Gasteiger partial charge in [0.25, 0.3) is 5.91 Å². The van der Waals surface area contributed by atoms with E-state index in [1.54, 1.807) is 12.1 Å². The Hall–Kier alpha value is -2.33. The zero-order chi connectivity index (χ0) is 20.8. The molecule has 1 fully saturated rings. The summed E-state index contributed by atoms with van der Waals surface area (Å²) in [7, 11) is 1.93. The van der Waals surface area contributed by atoms with Crippen molar-refractivity contribution < 1.29 is 9.59 Å². The fourth-order valence-electron chi connectivity index (χ4n) is 5.02. The van der Waals surface area contributed by atoms with Crippen LogP contribution in [0.4, 0.5) is 5.69 Å². The van der Waals surface area contributed by atoms with Crippen molar-refractivity contribution >= 4 is 29.1 Å². The lowest BCUT2D eigenvalue weighted by molar-refractivity contribution is -0.121. The standard InChI is InChI=1S/C24H27ClN2O2/c1-15-4-9-21-20(14-15)23(29)27(3)24(21)12-10-17(11-13-24)16(2)22(28)26-19-7-5-18(25)6-8-19/h4-9,14,16-17H,10-13H2,1-3H3,(H,26,28)/t16-,17-,24-/m0/s1. The van der Waals surface area contributed by atoms with Crippen molar-refractivity contribution in [2.45, 2.75) is 45.1 Å². The van der Waals surface area contributed by atoms with Crippen LogP contribution in [0.15, 0.2) is 42.5 Å². The SMILES string of the molecule is Cc1ccc2c(c1)C(=O)N(C)[C@]21CC[C@H]([C@H](C)C(=O)Nc2ccc(Cl)cc2)CC1. The average Bonchev–Trinajstić information content (AvgIpc) is 2.91. The zero-order valence-corrected chi connectivity index (χ0v) is 17.9. The summed E-state index contributed by atoms with van der Waals surface area (Å²) in [6.45, 7) is 4.03. The molecule has 1 aliphatic carbocycles. The van der Waals surface area contributed by atoms with Crippen LogP contribution < -0.4 is 5.32 Å². The maximum Gasteiger partial charge on any atom is 0.254 e. The van der Waals surface area contributed by atoms with Gasteiger partial charge in [-0.1, -0.05) is 36.2 Å². The van der Waals surface area contributed by atoms with E-state index in [1.165, 1.54) is 0 Å². The number of aryl methyl sites for hydroxylation is 1. The first-order valence-corrected chi connectivity index (χ1v) is 10.7. The summed E-state index contributed by atoms with van der Waals surface area (Å²) in [6, 6.07) is 13.4. The Bertz CT molecular complexity index is 946. The molecule has 5 heteroatoms. The lowest BCUT2D eigenvalue weighted by atomic mass is 9.69. The largest absolute Gasteiger partial charge is 0.332 e. The quantitative estimate of drug-likeness (QED) is 0.736. The highest BCUT2D eigenvalue weighted by Crippen LogP contribution is 2.50. The van der Waals surface area contributed by atoms with Crippen molar-refractivity contribution in [3.8, 4) is 0 Å². The molecule has 2 amide bonds. The lowest BCUT2D eigenvalue weighted by Gasteiger charge is -2.43. The number of carbonyl (C=O) groups is 2. The van der Waals surface area contributed by atoms with Crippen LogP contribution in [-0.2, 0) is 10.3 Å². The number of hydrogen-bond donors (Lipinski definition) is 1. The number of benzene rings is 2. The molecule has 0 radical (unpaired) electrons. The minimum Gasteiger partial charge on any atom is -0.332 e. The van der Waals surface area contributed by atoms with E-state index in [2.05, 4.69) is 17.4 Å². The predicted molar refractivity (Wildman–Crippen MR) is 116 cm³/mol. The molecule has 2 aromatic carbocycles. The van der Waals surface area contributed by atoms with Gasteiger partial charge in [0.2, 0.25) is 5.91 Å². The minimum absolute atomic E-state index is 0.0418. The highest BCUT2D eigenvalue weighted by molar-refractivity contribution is 6.30. The molecule has 2 aliphatic rings. The smallest absolute Gasteiger partial charge is 0.254 e. The molecule has 1 heterocycles. The van der Waals surface area contributed by atoms with Crippen LogP contribution in [0.3, 0.4) is 0 Å². The molecule has 1 saturated carbocycles. The molecular formula is C24H27ClN2O2. The van der Waals surface area contributed by atoms with Gasteiger partial charge in [0.1, 0.15) is 0 Å². The fraction of sp³-hybridized carbons (Fsp3) is 0.417. The molecule has 1 N–H and O–H groups in total. The fourth-order valence-corrected chi connectivity index (χ4v) is 5.15. The zero-order valence-electron chi connectivity index (χ0n) is 17.2. The van der Waals surface area contributed by atoms with Crippen LogP contribution in [-0.4, -0.2) is 23.8 Å². The van der Waals surface area contributed by atoms with Crippen molar-refractivity contribution in [2.75, 3.05) is 12.4 Å². The van der Waals surface area contributed by atoms with E-state index in [0.717, 1.165) is 48.1 Å². The van der Waals surface area contributed by atoms with Crippen molar-refractivity contribution in [1.29, 1.82) is 0 Å². The number of fused-ring (bicyclic) bond motifs is 2. The number of hydrogen-bond acceptors (Lipinski definition) is 2. The van der Waals surface area contributed by atoms with Gasteiger partial charge < -0.3 is 10.2 Å². The number of amides is 2. The molecule has 0 unspecified atom stereocenters. The van der Waals surface area contributed by atoms with Crippen molar-refractivity contribution in [3.63, 3.8) is 0 Å². The van der Waals surface area contributed by atoms with Gasteiger partial charge in [-0.2, -0.15) is 0 Å². The summed E-state index contributed by atoms with van der Waals surface area (Å²) in [4.78, 5) is 27.5. The molecule has 0 saturated heterocycles. The summed E-state index contributed by atoms with van der Waals surface area (Å²) in [5.41, 5.74) is 3.67. The molecular weight excluding hydrogens is 384 g/mol. The highest BCUT2D eigenvalue weighted by Gasteiger charge is 2.50. The number of nitrogens with zero attached hydrogens (tertiary/aromatic N) is 1. The third-order valence-corrected chi connectivity index (χ3v) is 7.20. The second-order valence-corrected chi connectivity index (χ2v) is 9.00. The van der Waals surface area contributed by atoms with Crippen LogP contribution in [0, 0.1) is 18.8 Å². The van der Waals surface area contributed by atoms with E-state index in [0.29, 0.717) is 10.9 Å². The first kappa shape index (κ1) is 20.0. The Morgan fingerprint density at radius 2 is 1.83 bits per heavy atom. The van der Waals surface area contributed by atoms with E-state index in [1.807, 2.05) is 44.0 Å². The number of nitrogens with one attached hydrogen (secondary N) is 1. The average molecular weight is 411 g/mol. The summed E-state index contributed by atoms with van der Waals surface area (Å²) in [5, 5.41) is 3.65. The Kier molecular flexibility index (Phi) is 5.16. The van der Waals surface area contributed by atoms with Gasteiger partial charge in [-0.15, -0.1) is 0 Å². The second-order valence-electron chi connectivity index (χ2n) is 8.57. The van der Waals surface area contributed by atoms with Gasteiger partial charge in [0, 0.05) is 29.2 Å². The Morgan fingerprint density at radius 3 is 2.48 bits per heavy atom. The molecule has 152 valence electrons. The van der Waals surface area contributed by atoms with Crippen LogP contribution in [0.25, 0.3) is 0 Å². The first-order valence-electron chi connectivity index (χ1n) is 10.3. The summed E-state index contributed by atoms with van der Waals surface area (Å²) in [5.74, 6) is 0.393. The van der Waals surface area contributed by atoms with Crippen LogP contribution >= 0.6 is 11.6 Å². The Morgan fingerprint density at radius 1 is 1.17 bits per heavy atom. The molecule has 0 aromatic heterocycles. The maximum absolute atomic E-state index is 12.8. The van der Waals surface area contributed by atoms with E-state index >= 15 is 0 Å². The second kappa shape index (κ2) is 7.49. The number of rotatable bonds is 3. The first-order chi connectivity index (χ1) is 13.8. The van der Waals surface area contributed by atoms with E-state index in [4.69, 9.17) is 11.6 Å². The van der Waals surface area contributed by atoms with Gasteiger partial charge in [-0.25, -0.2) is 0 Å². The monoisotopic (exact) mass is 410 g/mol. The molecule has 1 atom stereocenters. The third-order valence-electron chi connectivity index (χ3n) is 6.94. The van der Waals surface area contributed by atoms with Gasteiger partial charge in [-0.05, 0) is 74.4 Å². The van der Waals surface area contributed by atoms with Gasteiger partial charge in [0.05, 0.1) is 5.54 Å². The lowest BCUT2D eigenvalue weighted by Crippen LogP contribution is -2.45. The molecule has 29 heavy (non-hydrogen) atoms. The van der Waals surface area contributed by atoms with E-state index in [-0.39, 0.29) is 23.3 Å². The molecule has 0 bridgehead atoms. The number of halogens is 1. The Labute approximate surface area is 177 Å². The summed E-state index contributed by atoms with van der Waals surface area (Å²) >= 11 is 5.92. The molecule has 1 spiro atoms. The molecule has 4 rings (SSSR count). The van der Waals surface area contributed by atoms with E-state index < -0.39 is 0 Å². The molecule has 2 aromatic rings. The number of anilines is 1. The summed E-state index contributed by atoms with van der Waals surface area (Å²) < 4.78 is 0. The third kappa shape index (κ3) is 3.44. The number of carbonyl (C=O) groups excluding carboxylic acids is 2. The normalized spacial score (nSPS) is 24.5. The van der Waals surface area contributed by atoms with Gasteiger partial charge in [-0.3, -0.25) is 9.59 Å². The van der Waals surface area contributed by atoms with Gasteiger partial charge in [0.15, 0.2) is 0 Å². The highest BCUT2D eigenvalue weighted by atomic mass is 35.5. The topological polar surface area (TPSA) is 49.4 Å². The van der Waals surface area contributed by atoms with Crippen molar-refractivity contribution in [1.82, 2.24) is 4.90 Å². The van der Waals surface area contributed by atoms with Crippen LogP contribution in [0.5, 0.6) is 0 Å². The maximum atomic E-state index is 12.8.